The van der Waals surface area contributed by atoms with Gasteiger partial charge in [0.1, 0.15) is 5.82 Å². The van der Waals surface area contributed by atoms with Crippen molar-refractivity contribution in [3.63, 3.8) is 0 Å². The highest BCUT2D eigenvalue weighted by Crippen LogP contribution is 2.20. The summed E-state index contributed by atoms with van der Waals surface area (Å²) in [5, 5.41) is 3.36. The zero-order valence-corrected chi connectivity index (χ0v) is 16.6. The molecule has 0 bridgehead atoms. The third-order valence-corrected chi connectivity index (χ3v) is 3.68. The molecule has 2 nitrogen and oxygen atoms in total. The lowest BCUT2D eigenvalue weighted by Crippen LogP contribution is -2.25. The van der Waals surface area contributed by atoms with Crippen molar-refractivity contribution in [2.45, 2.75) is 67.5 Å². The molecule has 0 saturated carbocycles. The second kappa shape index (κ2) is 15.9. The summed E-state index contributed by atoms with van der Waals surface area (Å²) in [5.74, 6) is 0.582. The van der Waals surface area contributed by atoms with Gasteiger partial charge in [-0.3, -0.25) is 0 Å². The summed E-state index contributed by atoms with van der Waals surface area (Å²) in [6.45, 7) is 17.0. The molecular weight excluding hydrogens is 287 g/mol. The van der Waals surface area contributed by atoms with Crippen molar-refractivity contribution in [1.82, 2.24) is 10.2 Å². The van der Waals surface area contributed by atoms with Gasteiger partial charge in [-0.15, -0.1) is 0 Å². The standard InChI is InChI=1S/C14H21FN2.3C2H6/c1-11-7-12(10-17(11)2)8-16-9-13-5-3-4-6-14(13)15;3*1-2/h3-6,11-12,16H,7-10H2,1-2H3;3*1-2H3. The molecule has 0 spiro atoms. The van der Waals surface area contributed by atoms with Crippen LogP contribution in [0.3, 0.4) is 0 Å². The van der Waals surface area contributed by atoms with Crippen LogP contribution in [-0.2, 0) is 6.54 Å². The molecule has 1 aliphatic heterocycles. The number of benzene rings is 1. The number of nitrogens with zero attached hydrogens (tertiary/aromatic N) is 1. The fourth-order valence-electron chi connectivity index (χ4n) is 2.52. The number of likely N-dealkylation sites (tertiary alicyclic amines) is 1. The van der Waals surface area contributed by atoms with Crippen LogP contribution < -0.4 is 5.32 Å². The highest BCUT2D eigenvalue weighted by molar-refractivity contribution is 5.16. The molecule has 0 aliphatic carbocycles. The normalized spacial score (nSPS) is 19.5. The molecule has 1 saturated heterocycles. The zero-order chi connectivity index (χ0) is 18.3. The number of nitrogens with one attached hydrogen (secondary N) is 1. The minimum Gasteiger partial charge on any atom is -0.312 e. The Kier molecular flexibility index (Phi) is 16.9. The van der Waals surface area contributed by atoms with Gasteiger partial charge in [0.15, 0.2) is 0 Å². The quantitative estimate of drug-likeness (QED) is 0.804. The summed E-state index contributed by atoms with van der Waals surface area (Å²) in [6.07, 6.45) is 1.24. The maximum Gasteiger partial charge on any atom is 0.127 e. The third-order valence-electron chi connectivity index (χ3n) is 3.68. The Bertz CT molecular complexity index is 358. The molecule has 23 heavy (non-hydrogen) atoms. The lowest BCUT2D eigenvalue weighted by Gasteiger charge is -2.13. The number of halogens is 1. The van der Waals surface area contributed by atoms with Gasteiger partial charge in [0.05, 0.1) is 0 Å². The SMILES string of the molecule is CC.CC.CC.CC1CC(CNCc2ccccc2F)CN1C. The molecule has 3 heteroatoms. The maximum absolute atomic E-state index is 13.4. The first kappa shape index (κ1) is 24.3. The Balaban J connectivity index is 0. The van der Waals surface area contributed by atoms with E-state index in [0.717, 1.165) is 18.7 Å². The van der Waals surface area contributed by atoms with Gasteiger partial charge in [0, 0.05) is 24.7 Å². The van der Waals surface area contributed by atoms with E-state index in [0.29, 0.717) is 18.5 Å². The van der Waals surface area contributed by atoms with Crippen LogP contribution in [0.4, 0.5) is 4.39 Å². The van der Waals surface area contributed by atoms with Gasteiger partial charge in [-0.2, -0.15) is 0 Å². The molecule has 1 N–H and O–H groups in total. The van der Waals surface area contributed by atoms with Gasteiger partial charge in [-0.05, 0) is 38.9 Å². The summed E-state index contributed by atoms with van der Waals surface area (Å²) in [6, 6.07) is 7.64. The number of rotatable bonds is 4. The van der Waals surface area contributed by atoms with Crippen molar-refractivity contribution < 1.29 is 4.39 Å². The van der Waals surface area contributed by atoms with Crippen molar-refractivity contribution >= 4 is 0 Å². The van der Waals surface area contributed by atoms with Gasteiger partial charge < -0.3 is 10.2 Å². The van der Waals surface area contributed by atoms with E-state index in [1.54, 1.807) is 6.07 Å². The van der Waals surface area contributed by atoms with E-state index in [2.05, 4.69) is 24.2 Å². The van der Waals surface area contributed by atoms with Crippen molar-refractivity contribution in [2.75, 3.05) is 20.1 Å². The van der Waals surface area contributed by atoms with E-state index >= 15 is 0 Å². The third kappa shape index (κ3) is 9.72. The molecule has 1 fully saturated rings. The Hall–Kier alpha value is -0.930. The molecule has 2 unspecified atom stereocenters. The first-order chi connectivity index (χ1) is 11.2. The smallest absolute Gasteiger partial charge is 0.127 e. The molecule has 0 amide bonds. The minimum atomic E-state index is -0.114. The highest BCUT2D eigenvalue weighted by atomic mass is 19.1. The van der Waals surface area contributed by atoms with Crippen molar-refractivity contribution in [1.29, 1.82) is 0 Å². The highest BCUT2D eigenvalue weighted by Gasteiger charge is 2.25. The lowest BCUT2D eigenvalue weighted by atomic mass is 10.1. The first-order valence-electron chi connectivity index (χ1n) is 9.31. The van der Waals surface area contributed by atoms with Crippen LogP contribution in [0.1, 0.15) is 60.5 Å². The Labute approximate surface area is 144 Å². The molecule has 1 aromatic carbocycles. The Morgan fingerprint density at radius 1 is 1.09 bits per heavy atom. The average molecular weight is 327 g/mol. The Morgan fingerprint density at radius 2 is 1.65 bits per heavy atom. The molecule has 2 rings (SSSR count). The Morgan fingerprint density at radius 3 is 2.13 bits per heavy atom. The van der Waals surface area contributed by atoms with Crippen LogP contribution in [0.2, 0.25) is 0 Å². The molecule has 1 aliphatic rings. The summed E-state index contributed by atoms with van der Waals surface area (Å²) >= 11 is 0. The largest absolute Gasteiger partial charge is 0.312 e. The van der Waals surface area contributed by atoms with Crippen LogP contribution >= 0.6 is 0 Å². The zero-order valence-electron chi connectivity index (χ0n) is 16.6. The van der Waals surface area contributed by atoms with E-state index in [1.807, 2.05) is 53.7 Å². The van der Waals surface area contributed by atoms with Crippen molar-refractivity contribution in [3.05, 3.63) is 35.6 Å². The molecular formula is C20H39FN2. The molecule has 0 radical (unpaired) electrons. The molecule has 1 heterocycles. The van der Waals surface area contributed by atoms with E-state index < -0.39 is 0 Å². The predicted molar refractivity (Wildman–Crippen MR) is 102 cm³/mol. The van der Waals surface area contributed by atoms with Crippen LogP contribution in [0.5, 0.6) is 0 Å². The van der Waals surface area contributed by atoms with Crippen molar-refractivity contribution in [2.24, 2.45) is 5.92 Å². The van der Waals surface area contributed by atoms with Crippen LogP contribution in [-0.4, -0.2) is 31.1 Å². The molecule has 1 aromatic rings. The van der Waals surface area contributed by atoms with E-state index in [-0.39, 0.29) is 5.82 Å². The van der Waals surface area contributed by atoms with Crippen LogP contribution in [0.15, 0.2) is 24.3 Å². The topological polar surface area (TPSA) is 15.3 Å². The fourth-order valence-corrected chi connectivity index (χ4v) is 2.52. The number of hydrogen-bond donors (Lipinski definition) is 1. The molecule has 0 aromatic heterocycles. The second-order valence-electron chi connectivity index (χ2n) is 5.11. The van der Waals surface area contributed by atoms with Crippen LogP contribution in [0.25, 0.3) is 0 Å². The van der Waals surface area contributed by atoms with E-state index in [1.165, 1.54) is 12.5 Å². The van der Waals surface area contributed by atoms with E-state index in [4.69, 9.17) is 0 Å². The second-order valence-corrected chi connectivity index (χ2v) is 5.11. The first-order valence-corrected chi connectivity index (χ1v) is 9.31. The van der Waals surface area contributed by atoms with Gasteiger partial charge in [-0.25, -0.2) is 4.39 Å². The molecule has 136 valence electrons. The summed E-state index contributed by atoms with van der Waals surface area (Å²) < 4.78 is 13.4. The average Bonchev–Trinajstić information content (AvgIpc) is 2.93. The maximum atomic E-state index is 13.4. The lowest BCUT2D eigenvalue weighted by molar-refractivity contribution is 0.324. The van der Waals surface area contributed by atoms with Gasteiger partial charge in [0.2, 0.25) is 0 Å². The van der Waals surface area contributed by atoms with Crippen molar-refractivity contribution in [3.8, 4) is 0 Å². The van der Waals surface area contributed by atoms with Crippen LogP contribution in [0, 0.1) is 11.7 Å². The summed E-state index contributed by atoms with van der Waals surface area (Å²) in [7, 11) is 2.17. The monoisotopic (exact) mass is 326 g/mol. The molecule has 2 atom stereocenters. The summed E-state index contributed by atoms with van der Waals surface area (Å²) in [4.78, 5) is 2.38. The minimum absolute atomic E-state index is 0.114. The van der Waals surface area contributed by atoms with Gasteiger partial charge >= 0.3 is 0 Å². The van der Waals surface area contributed by atoms with Gasteiger partial charge in [-0.1, -0.05) is 59.7 Å². The fraction of sp³-hybridized carbons (Fsp3) is 0.700. The predicted octanol–water partition coefficient (Wildman–Crippen LogP) is 5.33. The van der Waals surface area contributed by atoms with E-state index in [9.17, 15) is 4.39 Å². The summed E-state index contributed by atoms with van der Waals surface area (Å²) in [5.41, 5.74) is 0.756. The van der Waals surface area contributed by atoms with Gasteiger partial charge in [0.25, 0.3) is 0 Å². The number of hydrogen-bond acceptors (Lipinski definition) is 2.